The lowest BCUT2D eigenvalue weighted by Gasteiger charge is -2.24. The summed E-state index contributed by atoms with van der Waals surface area (Å²) in [5.74, 6) is -2.94. The number of nitrogens with zero attached hydrogens (tertiary/aromatic N) is 2. The van der Waals surface area contributed by atoms with Crippen molar-refractivity contribution in [2.45, 2.75) is 67.9 Å². The Labute approximate surface area is 302 Å². The van der Waals surface area contributed by atoms with E-state index in [0.717, 1.165) is 22.9 Å². The molecule has 1 aliphatic rings. The lowest BCUT2D eigenvalue weighted by Crippen LogP contribution is -2.44. The lowest BCUT2D eigenvalue weighted by atomic mass is 10.1. The number of carbonyl (C=O) groups excluding carboxylic acids is 4. The summed E-state index contributed by atoms with van der Waals surface area (Å²) in [6.07, 6.45) is -4.14. The Morgan fingerprint density at radius 3 is 1.87 bits per heavy atom. The monoisotopic (exact) mass is 731 g/mol. The van der Waals surface area contributed by atoms with Gasteiger partial charge in [0.15, 0.2) is 23.5 Å². The van der Waals surface area contributed by atoms with E-state index in [1.165, 1.54) is 24.3 Å². The van der Waals surface area contributed by atoms with Crippen LogP contribution in [0.25, 0.3) is 0 Å². The van der Waals surface area contributed by atoms with Gasteiger partial charge in [-0.1, -0.05) is 86.1 Å². The third kappa shape index (κ3) is 9.41. The number of hydrogen-bond acceptors (Lipinski definition) is 13. The molecule has 1 N–H and O–H groups in total. The molecule has 5 atom stereocenters. The number of aromatic nitrogens is 3. The second kappa shape index (κ2) is 18.1. The van der Waals surface area contributed by atoms with Crippen molar-refractivity contribution in [3.63, 3.8) is 0 Å². The highest BCUT2D eigenvalue weighted by molar-refractivity contribution is 8.00. The highest BCUT2D eigenvalue weighted by Crippen LogP contribution is 2.35. The fraction of sp³-hybridized carbons (Fsp3) is 0.324. The highest BCUT2D eigenvalue weighted by Gasteiger charge is 2.52. The van der Waals surface area contributed by atoms with Gasteiger partial charge in [0.25, 0.3) is 5.56 Å². The fourth-order valence-electron chi connectivity index (χ4n) is 5.28. The standard InChI is InChI=1S/C37H37N3O11S/c1-3-5-21-27(36(45)47-4-2)52-31-30(41)38-37(46)40(39-31)32-29(51-35(44)25-19-13-8-14-20-25)28(50-34(43)24-17-11-7-12-18-24)26(49-32)22-48-33(42)23-15-9-6-10-16-23/h6-20,26-29,32H,3-5,21-22H2,1-2H3,(H,38,41,46)/t26-,27+,28+,29+,32-/m0/s1. The Hall–Kier alpha value is -5.54. The second-order valence-electron chi connectivity index (χ2n) is 11.5. The fourth-order valence-corrected chi connectivity index (χ4v) is 6.30. The molecule has 52 heavy (non-hydrogen) atoms. The van der Waals surface area contributed by atoms with Crippen molar-refractivity contribution < 1.29 is 42.9 Å². The summed E-state index contributed by atoms with van der Waals surface area (Å²) in [5, 5.41) is 3.19. The summed E-state index contributed by atoms with van der Waals surface area (Å²) >= 11 is 0.811. The van der Waals surface area contributed by atoms with Gasteiger partial charge in [0.2, 0.25) is 0 Å². The van der Waals surface area contributed by atoms with Crippen LogP contribution in [-0.2, 0) is 28.5 Å². The molecule has 3 aromatic carbocycles. The number of unbranched alkanes of at least 4 members (excludes halogenated alkanes) is 1. The Bertz CT molecular complexity index is 1950. The number of carbonyl (C=O) groups is 4. The van der Waals surface area contributed by atoms with E-state index in [1.807, 2.05) is 6.92 Å². The van der Waals surface area contributed by atoms with Crippen LogP contribution in [0.3, 0.4) is 0 Å². The smallest absolute Gasteiger partial charge is 0.347 e. The number of benzene rings is 3. The van der Waals surface area contributed by atoms with E-state index in [4.69, 9.17) is 23.7 Å². The molecule has 0 unspecified atom stereocenters. The molecular weight excluding hydrogens is 694 g/mol. The Balaban J connectivity index is 1.55. The van der Waals surface area contributed by atoms with Gasteiger partial charge in [-0.05, 0) is 49.7 Å². The van der Waals surface area contributed by atoms with Crippen LogP contribution in [-0.4, -0.2) is 75.4 Å². The molecule has 1 saturated heterocycles. The van der Waals surface area contributed by atoms with E-state index in [2.05, 4.69) is 10.1 Å². The summed E-state index contributed by atoms with van der Waals surface area (Å²) < 4.78 is 29.5. The Morgan fingerprint density at radius 2 is 1.33 bits per heavy atom. The third-order valence-electron chi connectivity index (χ3n) is 7.86. The van der Waals surface area contributed by atoms with Crippen LogP contribution in [0.4, 0.5) is 0 Å². The van der Waals surface area contributed by atoms with Crippen molar-refractivity contribution in [3.8, 4) is 0 Å². The van der Waals surface area contributed by atoms with Crippen LogP contribution >= 0.6 is 11.8 Å². The first-order valence-electron chi connectivity index (χ1n) is 16.7. The van der Waals surface area contributed by atoms with Gasteiger partial charge in [-0.3, -0.25) is 14.6 Å². The predicted molar refractivity (Wildman–Crippen MR) is 187 cm³/mol. The molecule has 1 aliphatic heterocycles. The number of esters is 4. The number of ether oxygens (including phenoxy) is 5. The van der Waals surface area contributed by atoms with Gasteiger partial charge in [0, 0.05) is 0 Å². The molecule has 15 heteroatoms. The average Bonchev–Trinajstić information content (AvgIpc) is 3.49. The summed E-state index contributed by atoms with van der Waals surface area (Å²) in [7, 11) is 0. The molecule has 0 spiro atoms. The van der Waals surface area contributed by atoms with Crippen LogP contribution in [0.15, 0.2) is 106 Å². The third-order valence-corrected chi connectivity index (χ3v) is 9.07. The number of nitrogens with one attached hydrogen (secondary N) is 1. The molecule has 1 fully saturated rings. The zero-order chi connectivity index (χ0) is 37.0. The van der Waals surface area contributed by atoms with Crippen molar-refractivity contribution in [2.75, 3.05) is 13.2 Å². The van der Waals surface area contributed by atoms with E-state index < -0.39 is 71.5 Å². The van der Waals surface area contributed by atoms with E-state index in [0.29, 0.717) is 12.8 Å². The summed E-state index contributed by atoms with van der Waals surface area (Å²) in [6.45, 7) is 3.22. The quantitative estimate of drug-likeness (QED) is 0.104. The normalized spacial score (nSPS) is 18.6. The maximum absolute atomic E-state index is 13.5. The molecule has 1 aromatic heterocycles. The zero-order valence-corrected chi connectivity index (χ0v) is 29.2. The van der Waals surface area contributed by atoms with Crippen LogP contribution in [0.2, 0.25) is 0 Å². The molecule has 5 rings (SSSR count). The van der Waals surface area contributed by atoms with Gasteiger partial charge < -0.3 is 23.7 Å². The molecule has 0 saturated carbocycles. The SMILES string of the molecule is CCCC[C@@H](Sc1nn([C@H]2O[C@@H](COC(=O)c3ccccc3)[C@@H](OC(=O)c3ccccc3)[C@H]2OC(=O)c2ccccc2)c(=O)[nH]c1=O)C(=O)OCC. The van der Waals surface area contributed by atoms with E-state index in [-0.39, 0.29) is 28.3 Å². The van der Waals surface area contributed by atoms with Gasteiger partial charge in [0.05, 0.1) is 23.3 Å². The van der Waals surface area contributed by atoms with Crippen molar-refractivity contribution in [1.82, 2.24) is 14.8 Å². The molecule has 0 bridgehead atoms. The van der Waals surface area contributed by atoms with Gasteiger partial charge in [-0.25, -0.2) is 19.2 Å². The number of rotatable bonds is 15. The number of hydrogen-bond donors (Lipinski definition) is 1. The van der Waals surface area contributed by atoms with Crippen molar-refractivity contribution in [3.05, 3.63) is 129 Å². The first-order chi connectivity index (χ1) is 25.2. The molecule has 2 heterocycles. The van der Waals surface area contributed by atoms with Crippen LogP contribution in [0.1, 0.15) is 70.4 Å². The molecule has 0 radical (unpaired) electrons. The first-order valence-corrected chi connectivity index (χ1v) is 17.5. The molecule has 4 aromatic rings. The Kier molecular flexibility index (Phi) is 13.1. The number of H-pyrrole nitrogens is 1. The van der Waals surface area contributed by atoms with Gasteiger partial charge in [0.1, 0.15) is 18.0 Å². The van der Waals surface area contributed by atoms with Gasteiger partial charge >= 0.3 is 29.6 Å². The predicted octanol–water partition coefficient (Wildman–Crippen LogP) is 4.35. The van der Waals surface area contributed by atoms with Crippen molar-refractivity contribution >= 4 is 35.6 Å². The molecule has 0 aliphatic carbocycles. The summed E-state index contributed by atoms with van der Waals surface area (Å²) in [6, 6.07) is 24.1. The molecule has 272 valence electrons. The average molecular weight is 732 g/mol. The first kappa shape index (κ1) is 37.7. The molecule has 14 nitrogen and oxygen atoms in total. The van der Waals surface area contributed by atoms with Gasteiger partial charge in [-0.15, -0.1) is 0 Å². The Morgan fingerprint density at radius 1 is 0.788 bits per heavy atom. The minimum absolute atomic E-state index is 0.120. The van der Waals surface area contributed by atoms with Crippen LogP contribution in [0, 0.1) is 0 Å². The highest BCUT2D eigenvalue weighted by atomic mass is 32.2. The van der Waals surface area contributed by atoms with E-state index in [1.54, 1.807) is 73.7 Å². The molecular formula is C37H37N3O11S. The second-order valence-corrected chi connectivity index (χ2v) is 12.7. The van der Waals surface area contributed by atoms with Gasteiger partial charge in [-0.2, -0.15) is 9.78 Å². The van der Waals surface area contributed by atoms with Crippen molar-refractivity contribution in [2.24, 2.45) is 0 Å². The van der Waals surface area contributed by atoms with Crippen molar-refractivity contribution in [1.29, 1.82) is 0 Å². The zero-order valence-electron chi connectivity index (χ0n) is 28.4. The van der Waals surface area contributed by atoms with E-state index in [9.17, 15) is 28.8 Å². The minimum Gasteiger partial charge on any atom is -0.465 e. The summed E-state index contributed by atoms with van der Waals surface area (Å²) in [5.41, 5.74) is -1.38. The lowest BCUT2D eigenvalue weighted by molar-refractivity contribution is -0.142. The number of aromatic amines is 1. The molecule has 0 amide bonds. The topological polar surface area (TPSA) is 182 Å². The maximum atomic E-state index is 13.5. The number of thioether (sulfide) groups is 1. The largest absolute Gasteiger partial charge is 0.465 e. The maximum Gasteiger partial charge on any atom is 0.347 e. The van der Waals surface area contributed by atoms with E-state index >= 15 is 0 Å². The van der Waals surface area contributed by atoms with Crippen LogP contribution < -0.4 is 11.2 Å². The minimum atomic E-state index is -1.61. The van der Waals surface area contributed by atoms with Crippen LogP contribution in [0.5, 0.6) is 0 Å². The summed E-state index contributed by atoms with van der Waals surface area (Å²) in [4.78, 5) is 81.3.